The summed E-state index contributed by atoms with van der Waals surface area (Å²) in [5.41, 5.74) is 3.58. The van der Waals surface area contributed by atoms with Crippen molar-refractivity contribution in [2.75, 3.05) is 27.3 Å². The lowest BCUT2D eigenvalue weighted by Gasteiger charge is -2.38. The molecule has 0 unspecified atom stereocenters. The molecule has 188 valence electrons. The number of hydrogen-bond donors (Lipinski definition) is 2. The number of halogens is 1. The number of urea groups is 1. The molecule has 0 spiro atoms. The number of ether oxygens (including phenoxy) is 2. The van der Waals surface area contributed by atoms with E-state index in [-0.39, 0.29) is 30.7 Å². The smallest absolute Gasteiger partial charge is 0.318 e. The Kier molecular flexibility index (Phi) is 7.99. The minimum absolute atomic E-state index is 0.142. The Morgan fingerprint density at radius 2 is 1.83 bits per heavy atom. The molecule has 36 heavy (non-hydrogen) atoms. The van der Waals surface area contributed by atoms with Crippen LogP contribution >= 0.6 is 0 Å². The maximum atomic E-state index is 13.7. The molecule has 0 saturated carbocycles. The first-order valence-corrected chi connectivity index (χ1v) is 11.7. The van der Waals surface area contributed by atoms with Crippen molar-refractivity contribution in [2.24, 2.45) is 0 Å². The number of rotatable bonds is 8. The zero-order valence-corrected chi connectivity index (χ0v) is 20.3. The monoisotopic (exact) mass is 492 g/mol. The van der Waals surface area contributed by atoms with Crippen molar-refractivity contribution in [1.29, 1.82) is 0 Å². The molecule has 2 heterocycles. The molecule has 2 aromatic carbocycles. The van der Waals surface area contributed by atoms with Gasteiger partial charge in [-0.3, -0.25) is 9.78 Å². The summed E-state index contributed by atoms with van der Waals surface area (Å²) < 4.78 is 24.6. The normalized spacial score (nSPS) is 14.5. The maximum absolute atomic E-state index is 13.7. The second kappa shape index (κ2) is 11.5. The Morgan fingerprint density at radius 1 is 1.08 bits per heavy atom. The molecule has 1 atom stereocenters. The number of carbonyl (C=O) groups is 2. The summed E-state index contributed by atoms with van der Waals surface area (Å²) >= 11 is 0. The molecule has 0 aliphatic carbocycles. The average molecular weight is 493 g/mol. The maximum Gasteiger partial charge on any atom is 0.318 e. The molecule has 3 amide bonds. The standard InChI is InChI=1S/C27H29FN4O4/c1-35-23-14-20-10-13-32(26(22(20)15-24(23)36-2)19-5-7-21(28)8-6-19)27(34)30-12-9-25(33)31-17-18-4-3-11-29-16-18/h3-8,11,14-16,26H,9-10,12-13,17H2,1-2H3,(H,30,34)(H,31,33)/t26-/m0/s1. The Morgan fingerprint density at radius 3 is 2.53 bits per heavy atom. The molecule has 1 aromatic heterocycles. The molecule has 0 fully saturated rings. The fourth-order valence-electron chi connectivity index (χ4n) is 4.35. The number of carbonyl (C=O) groups excluding carboxylic acids is 2. The topological polar surface area (TPSA) is 92.8 Å². The lowest BCUT2D eigenvalue weighted by atomic mass is 9.88. The fraction of sp³-hybridized carbons (Fsp3) is 0.296. The second-order valence-corrected chi connectivity index (χ2v) is 8.42. The van der Waals surface area contributed by atoms with Gasteiger partial charge in [-0.1, -0.05) is 18.2 Å². The summed E-state index contributed by atoms with van der Waals surface area (Å²) in [7, 11) is 3.14. The van der Waals surface area contributed by atoms with Gasteiger partial charge in [-0.15, -0.1) is 0 Å². The fourth-order valence-corrected chi connectivity index (χ4v) is 4.35. The van der Waals surface area contributed by atoms with Crippen molar-refractivity contribution in [3.05, 3.63) is 89.0 Å². The average Bonchev–Trinajstić information content (AvgIpc) is 2.91. The van der Waals surface area contributed by atoms with E-state index in [1.54, 1.807) is 43.6 Å². The molecule has 1 aliphatic heterocycles. The van der Waals surface area contributed by atoms with Crippen molar-refractivity contribution < 1.29 is 23.5 Å². The highest BCUT2D eigenvalue weighted by atomic mass is 19.1. The van der Waals surface area contributed by atoms with Crippen LogP contribution in [0.1, 0.15) is 34.7 Å². The van der Waals surface area contributed by atoms with Crippen molar-refractivity contribution >= 4 is 11.9 Å². The van der Waals surface area contributed by atoms with E-state index >= 15 is 0 Å². The number of aromatic nitrogens is 1. The lowest BCUT2D eigenvalue weighted by molar-refractivity contribution is -0.121. The molecule has 0 bridgehead atoms. The highest BCUT2D eigenvalue weighted by molar-refractivity contribution is 5.79. The molecule has 8 nitrogen and oxygen atoms in total. The molecular weight excluding hydrogens is 463 g/mol. The highest BCUT2D eigenvalue weighted by Crippen LogP contribution is 2.41. The number of methoxy groups -OCH3 is 2. The van der Waals surface area contributed by atoms with Gasteiger partial charge < -0.3 is 25.0 Å². The zero-order valence-electron chi connectivity index (χ0n) is 20.3. The van der Waals surface area contributed by atoms with Gasteiger partial charge in [0.1, 0.15) is 5.82 Å². The molecule has 3 aromatic rings. The Hall–Kier alpha value is -4.14. The van der Waals surface area contributed by atoms with Gasteiger partial charge in [0.25, 0.3) is 0 Å². The predicted octanol–water partition coefficient (Wildman–Crippen LogP) is 3.60. The van der Waals surface area contributed by atoms with E-state index in [1.165, 1.54) is 12.1 Å². The quantitative estimate of drug-likeness (QED) is 0.501. The van der Waals surface area contributed by atoms with E-state index in [0.29, 0.717) is 31.0 Å². The van der Waals surface area contributed by atoms with Gasteiger partial charge in [-0.05, 0) is 59.0 Å². The van der Waals surface area contributed by atoms with Crippen LogP contribution in [0.25, 0.3) is 0 Å². The van der Waals surface area contributed by atoms with Crippen molar-refractivity contribution in [1.82, 2.24) is 20.5 Å². The van der Waals surface area contributed by atoms with Crippen LogP contribution in [0.4, 0.5) is 9.18 Å². The first-order valence-electron chi connectivity index (χ1n) is 11.7. The van der Waals surface area contributed by atoms with E-state index in [0.717, 1.165) is 22.3 Å². The van der Waals surface area contributed by atoms with E-state index in [4.69, 9.17) is 9.47 Å². The molecule has 1 aliphatic rings. The third-order valence-electron chi connectivity index (χ3n) is 6.16. The third kappa shape index (κ3) is 5.73. The van der Waals surface area contributed by atoms with Crippen LogP contribution in [0.5, 0.6) is 11.5 Å². The first-order chi connectivity index (χ1) is 17.5. The number of benzene rings is 2. The van der Waals surface area contributed by atoms with Gasteiger partial charge in [0.15, 0.2) is 11.5 Å². The summed E-state index contributed by atoms with van der Waals surface area (Å²) in [5, 5.41) is 5.68. The molecule has 0 saturated heterocycles. The number of fused-ring (bicyclic) bond motifs is 1. The third-order valence-corrected chi connectivity index (χ3v) is 6.16. The van der Waals surface area contributed by atoms with Gasteiger partial charge in [0.2, 0.25) is 5.91 Å². The first kappa shape index (κ1) is 25.0. The summed E-state index contributed by atoms with van der Waals surface area (Å²) in [5.74, 6) is 0.644. The van der Waals surface area contributed by atoms with E-state index in [2.05, 4.69) is 15.6 Å². The molecular formula is C27H29FN4O4. The summed E-state index contributed by atoms with van der Waals surface area (Å²) in [4.78, 5) is 31.2. The highest BCUT2D eigenvalue weighted by Gasteiger charge is 2.33. The van der Waals surface area contributed by atoms with E-state index < -0.39 is 6.04 Å². The number of pyridine rings is 1. The largest absolute Gasteiger partial charge is 0.493 e. The zero-order chi connectivity index (χ0) is 25.5. The van der Waals surface area contributed by atoms with Gasteiger partial charge in [-0.25, -0.2) is 9.18 Å². The molecule has 4 rings (SSSR count). The van der Waals surface area contributed by atoms with Gasteiger partial charge in [0, 0.05) is 38.4 Å². The van der Waals surface area contributed by atoms with Crippen LogP contribution in [0.2, 0.25) is 0 Å². The van der Waals surface area contributed by atoms with Crippen LogP contribution in [0.3, 0.4) is 0 Å². The number of hydrogen-bond acceptors (Lipinski definition) is 5. The summed E-state index contributed by atoms with van der Waals surface area (Å²) in [6, 6.07) is 12.8. The van der Waals surface area contributed by atoms with Gasteiger partial charge in [0.05, 0.1) is 20.3 Å². The van der Waals surface area contributed by atoms with Gasteiger partial charge >= 0.3 is 6.03 Å². The number of nitrogens with zero attached hydrogens (tertiary/aromatic N) is 2. The Bertz CT molecular complexity index is 1200. The lowest BCUT2D eigenvalue weighted by Crippen LogP contribution is -2.46. The van der Waals surface area contributed by atoms with Crippen LogP contribution in [0.15, 0.2) is 60.9 Å². The minimum Gasteiger partial charge on any atom is -0.493 e. The number of nitrogens with one attached hydrogen (secondary N) is 2. The summed E-state index contributed by atoms with van der Waals surface area (Å²) in [6.45, 7) is 1.01. The Labute approximate surface area is 209 Å². The van der Waals surface area contributed by atoms with Crippen LogP contribution in [-0.4, -0.2) is 49.1 Å². The van der Waals surface area contributed by atoms with Crippen LogP contribution in [0, 0.1) is 5.82 Å². The van der Waals surface area contributed by atoms with Crippen molar-refractivity contribution in [3.8, 4) is 11.5 Å². The van der Waals surface area contributed by atoms with Gasteiger partial charge in [-0.2, -0.15) is 0 Å². The number of amides is 3. The Balaban J connectivity index is 1.47. The van der Waals surface area contributed by atoms with Crippen molar-refractivity contribution in [3.63, 3.8) is 0 Å². The molecule has 0 radical (unpaired) electrons. The SMILES string of the molecule is COc1cc2c(cc1OC)[C@H](c1ccc(F)cc1)N(C(=O)NCCC(=O)NCc1cccnc1)CC2. The predicted molar refractivity (Wildman–Crippen MR) is 132 cm³/mol. The van der Waals surface area contributed by atoms with Crippen LogP contribution in [-0.2, 0) is 17.8 Å². The van der Waals surface area contributed by atoms with Crippen molar-refractivity contribution in [2.45, 2.75) is 25.4 Å². The summed E-state index contributed by atoms with van der Waals surface area (Å²) in [6.07, 6.45) is 4.12. The second-order valence-electron chi connectivity index (χ2n) is 8.42. The molecule has 9 heteroatoms. The van der Waals surface area contributed by atoms with E-state index in [1.807, 2.05) is 24.3 Å². The molecule has 2 N–H and O–H groups in total. The minimum atomic E-state index is -0.450. The van der Waals surface area contributed by atoms with E-state index in [9.17, 15) is 14.0 Å². The van der Waals surface area contributed by atoms with Crippen LogP contribution < -0.4 is 20.1 Å².